The van der Waals surface area contributed by atoms with E-state index in [0.29, 0.717) is 0 Å². The molecule has 0 fully saturated rings. The van der Waals surface area contributed by atoms with Gasteiger partial charge in [-0.1, -0.05) is 0 Å². The maximum atomic E-state index is 0. The molecule has 0 nitrogen and oxygen atoms in total. The fraction of sp³-hybridized carbons (Fsp3) is 0. The minimum absolute atomic E-state index is 0. The third kappa shape index (κ3) is 8.94. The molecular formula is CrCu3. The van der Waals surface area contributed by atoms with Crippen molar-refractivity contribution in [2.24, 2.45) is 0 Å². The van der Waals surface area contributed by atoms with Crippen molar-refractivity contribution in [3.05, 3.63) is 0 Å². The molecular weight excluding hydrogens is 243 g/mol. The molecule has 0 amide bonds. The summed E-state index contributed by atoms with van der Waals surface area (Å²) in [5.41, 5.74) is 0. The topological polar surface area (TPSA) is 0 Å². The standard InChI is InChI=1S/Cr.3Cu. The van der Waals surface area contributed by atoms with Gasteiger partial charge in [-0.05, 0) is 0 Å². The van der Waals surface area contributed by atoms with Gasteiger partial charge < -0.3 is 0 Å². The smallest absolute Gasteiger partial charge is 0 e. The molecule has 4 heteroatoms. The first-order valence-electron chi connectivity index (χ1n) is 0. The molecule has 0 spiro atoms. The zero-order valence-electron chi connectivity index (χ0n) is 1.31. The molecule has 39 valence electrons. The molecule has 0 aliphatic heterocycles. The first-order chi connectivity index (χ1) is 0. The Balaban J connectivity index is 0. The Labute approximate surface area is 68.0 Å². The van der Waals surface area contributed by atoms with E-state index in [9.17, 15) is 0 Å². The summed E-state index contributed by atoms with van der Waals surface area (Å²) in [7, 11) is 0. The Kier molecular flexibility index (Phi) is 176. The van der Waals surface area contributed by atoms with Crippen LogP contribution >= 0.6 is 0 Å². The van der Waals surface area contributed by atoms with Crippen LogP contribution in [-0.4, -0.2) is 0 Å². The average molecular weight is 243 g/mol. The van der Waals surface area contributed by atoms with Crippen LogP contribution in [0.15, 0.2) is 0 Å². The summed E-state index contributed by atoms with van der Waals surface area (Å²) in [6.45, 7) is 0. The van der Waals surface area contributed by atoms with E-state index in [0.717, 1.165) is 0 Å². The van der Waals surface area contributed by atoms with Crippen molar-refractivity contribution in [1.82, 2.24) is 0 Å². The quantitative estimate of drug-likeness (QED) is 0.524. The molecule has 0 aromatic rings. The summed E-state index contributed by atoms with van der Waals surface area (Å²) in [5, 5.41) is 0. The SMILES string of the molecule is [Cr].[Cu].[Cu].[Cu]. The Morgan fingerprint density at radius 1 is 0.500 bits per heavy atom. The van der Waals surface area contributed by atoms with Gasteiger partial charge in [0.2, 0.25) is 0 Å². The molecule has 0 unspecified atom stereocenters. The molecule has 0 aromatic heterocycles. The van der Waals surface area contributed by atoms with E-state index < -0.39 is 0 Å². The molecule has 0 rings (SSSR count). The van der Waals surface area contributed by atoms with Crippen molar-refractivity contribution in [3.8, 4) is 0 Å². The molecule has 0 heterocycles. The van der Waals surface area contributed by atoms with Crippen molar-refractivity contribution in [3.63, 3.8) is 0 Å². The second-order valence-electron chi connectivity index (χ2n) is 0. The second kappa shape index (κ2) is 19.5. The predicted octanol–water partition coefficient (Wildman–Crippen LogP) is -0.0100. The van der Waals surface area contributed by atoms with E-state index >= 15 is 0 Å². The van der Waals surface area contributed by atoms with Gasteiger partial charge in [0.25, 0.3) is 0 Å². The van der Waals surface area contributed by atoms with Crippen LogP contribution in [0.25, 0.3) is 0 Å². The molecule has 0 bridgehead atoms. The monoisotopic (exact) mass is 241 g/mol. The van der Waals surface area contributed by atoms with Gasteiger partial charge in [0.1, 0.15) is 0 Å². The molecule has 0 aromatic carbocycles. The fourth-order valence-electron chi connectivity index (χ4n) is 0. The van der Waals surface area contributed by atoms with E-state index in [1.807, 2.05) is 0 Å². The zero-order valence-corrected chi connectivity index (χ0v) is 5.41. The summed E-state index contributed by atoms with van der Waals surface area (Å²) < 4.78 is 0. The predicted molar refractivity (Wildman–Crippen MR) is 0 cm³/mol. The normalized spacial score (nSPS) is 0. The van der Waals surface area contributed by atoms with E-state index in [2.05, 4.69) is 0 Å². The van der Waals surface area contributed by atoms with Crippen LogP contribution in [0, 0.1) is 0 Å². The Morgan fingerprint density at radius 2 is 0.500 bits per heavy atom. The van der Waals surface area contributed by atoms with Crippen molar-refractivity contribution in [1.29, 1.82) is 0 Å². The minimum Gasteiger partial charge on any atom is 0 e. The Hall–Kier alpha value is 2.09. The van der Waals surface area contributed by atoms with E-state index in [4.69, 9.17) is 0 Å². The number of hydrogen-bond acceptors (Lipinski definition) is 0. The summed E-state index contributed by atoms with van der Waals surface area (Å²) in [5.74, 6) is 0. The van der Waals surface area contributed by atoms with Crippen LogP contribution in [0.1, 0.15) is 0 Å². The minimum atomic E-state index is 0. The summed E-state index contributed by atoms with van der Waals surface area (Å²) in [6.07, 6.45) is 0. The van der Waals surface area contributed by atoms with Crippen molar-refractivity contribution < 1.29 is 68.6 Å². The van der Waals surface area contributed by atoms with E-state index in [-0.39, 0.29) is 68.6 Å². The van der Waals surface area contributed by atoms with Crippen LogP contribution in [0.4, 0.5) is 0 Å². The van der Waals surface area contributed by atoms with Gasteiger partial charge in [0.05, 0.1) is 0 Å². The van der Waals surface area contributed by atoms with Crippen LogP contribution < -0.4 is 0 Å². The van der Waals surface area contributed by atoms with Crippen LogP contribution in [0.5, 0.6) is 0 Å². The van der Waals surface area contributed by atoms with Crippen molar-refractivity contribution in [2.75, 3.05) is 0 Å². The molecule has 3 radical (unpaired) electrons. The van der Waals surface area contributed by atoms with Gasteiger partial charge in [0.15, 0.2) is 0 Å². The maximum absolute atomic E-state index is 0. The first kappa shape index (κ1) is 36.1. The summed E-state index contributed by atoms with van der Waals surface area (Å²) in [6, 6.07) is 0. The summed E-state index contributed by atoms with van der Waals surface area (Å²) in [4.78, 5) is 0. The van der Waals surface area contributed by atoms with Gasteiger partial charge >= 0.3 is 0 Å². The molecule has 0 N–H and O–H groups in total. The third-order valence-corrected chi connectivity index (χ3v) is 0. The van der Waals surface area contributed by atoms with Crippen LogP contribution in [0.2, 0.25) is 0 Å². The van der Waals surface area contributed by atoms with Crippen LogP contribution in [0.3, 0.4) is 0 Å². The number of rotatable bonds is 0. The Bertz CT molecular complexity index is 3.25. The average Bonchev–Trinajstić information content (AvgIpc) is 0. The molecule has 0 atom stereocenters. The Morgan fingerprint density at radius 3 is 0.500 bits per heavy atom. The van der Waals surface area contributed by atoms with Crippen molar-refractivity contribution >= 4 is 0 Å². The van der Waals surface area contributed by atoms with Gasteiger partial charge in [-0.3, -0.25) is 0 Å². The van der Waals surface area contributed by atoms with Gasteiger partial charge in [-0.15, -0.1) is 0 Å². The van der Waals surface area contributed by atoms with Gasteiger partial charge in [-0.2, -0.15) is 0 Å². The van der Waals surface area contributed by atoms with Gasteiger partial charge in [-0.25, -0.2) is 0 Å². The molecule has 0 saturated heterocycles. The zero-order chi connectivity index (χ0) is 0. The first-order valence-corrected chi connectivity index (χ1v) is 0. The van der Waals surface area contributed by atoms with Crippen LogP contribution in [-0.2, 0) is 68.6 Å². The number of hydrogen-bond donors (Lipinski definition) is 0. The van der Waals surface area contributed by atoms with Crippen molar-refractivity contribution in [2.45, 2.75) is 0 Å². The molecule has 0 aliphatic carbocycles. The largest absolute Gasteiger partial charge is 0 e. The van der Waals surface area contributed by atoms with Gasteiger partial charge in [0, 0.05) is 68.6 Å². The van der Waals surface area contributed by atoms with E-state index in [1.165, 1.54) is 0 Å². The molecule has 0 aliphatic rings. The third-order valence-electron chi connectivity index (χ3n) is 0. The molecule has 4 heavy (non-hydrogen) atoms. The fourth-order valence-corrected chi connectivity index (χ4v) is 0. The molecule has 0 saturated carbocycles. The second-order valence-corrected chi connectivity index (χ2v) is 0. The van der Waals surface area contributed by atoms with E-state index in [1.54, 1.807) is 0 Å². The summed E-state index contributed by atoms with van der Waals surface area (Å²) >= 11 is 0. The maximum Gasteiger partial charge on any atom is 0 e.